The molecule has 88 valence electrons. The Kier molecular flexibility index (Phi) is 5.43. The summed E-state index contributed by atoms with van der Waals surface area (Å²) in [5.41, 5.74) is 7.93. The standard InChI is InChI=1S/C13H20N2S/c1-4-15(3)11(2)16-10-13(14)12-8-6-5-7-9-12/h5-11H,4,14H2,1-3H3/b13-10-. The first-order chi connectivity index (χ1) is 7.65. The third-order valence-corrected chi connectivity index (χ3v) is 3.76. The van der Waals surface area contributed by atoms with Gasteiger partial charge in [0.2, 0.25) is 0 Å². The van der Waals surface area contributed by atoms with E-state index in [1.165, 1.54) is 0 Å². The topological polar surface area (TPSA) is 29.3 Å². The first-order valence-electron chi connectivity index (χ1n) is 5.52. The van der Waals surface area contributed by atoms with Gasteiger partial charge >= 0.3 is 0 Å². The molecule has 0 aliphatic carbocycles. The second kappa shape index (κ2) is 6.61. The van der Waals surface area contributed by atoms with Crippen LogP contribution in [0.15, 0.2) is 35.7 Å². The fourth-order valence-electron chi connectivity index (χ4n) is 1.23. The summed E-state index contributed by atoms with van der Waals surface area (Å²) in [5, 5.41) is 2.49. The third-order valence-electron chi connectivity index (χ3n) is 2.62. The maximum atomic E-state index is 6.01. The molecule has 0 amide bonds. The summed E-state index contributed by atoms with van der Waals surface area (Å²) in [6, 6.07) is 10.1. The normalized spacial score (nSPS) is 14.1. The summed E-state index contributed by atoms with van der Waals surface area (Å²) in [5.74, 6) is 0. The van der Waals surface area contributed by atoms with Gasteiger partial charge in [-0.05, 0) is 31.5 Å². The number of benzene rings is 1. The molecular formula is C13H20N2S. The molecule has 0 aliphatic rings. The van der Waals surface area contributed by atoms with Crippen LogP contribution in [0.1, 0.15) is 19.4 Å². The lowest BCUT2D eigenvalue weighted by atomic mass is 10.2. The molecule has 0 aliphatic heterocycles. The second-order valence-corrected chi connectivity index (χ2v) is 4.94. The number of thioether (sulfide) groups is 1. The quantitative estimate of drug-likeness (QED) is 0.797. The highest BCUT2D eigenvalue weighted by Crippen LogP contribution is 2.19. The molecular weight excluding hydrogens is 216 g/mol. The minimum absolute atomic E-state index is 0.451. The Morgan fingerprint density at radius 1 is 1.44 bits per heavy atom. The summed E-state index contributed by atoms with van der Waals surface area (Å²) in [7, 11) is 2.12. The van der Waals surface area contributed by atoms with Crippen LogP contribution in [0.3, 0.4) is 0 Å². The molecule has 1 atom stereocenters. The van der Waals surface area contributed by atoms with Gasteiger partial charge in [0.15, 0.2) is 0 Å². The number of nitrogens with zero attached hydrogens (tertiary/aromatic N) is 1. The van der Waals surface area contributed by atoms with E-state index < -0.39 is 0 Å². The number of hydrogen-bond donors (Lipinski definition) is 1. The van der Waals surface area contributed by atoms with E-state index >= 15 is 0 Å². The van der Waals surface area contributed by atoms with E-state index in [1.54, 1.807) is 11.8 Å². The van der Waals surface area contributed by atoms with Crippen molar-refractivity contribution in [2.75, 3.05) is 13.6 Å². The fraction of sp³-hybridized carbons (Fsp3) is 0.385. The largest absolute Gasteiger partial charge is 0.398 e. The zero-order chi connectivity index (χ0) is 12.0. The molecule has 0 saturated heterocycles. The van der Waals surface area contributed by atoms with E-state index in [0.29, 0.717) is 5.37 Å². The van der Waals surface area contributed by atoms with Gasteiger partial charge in [0.1, 0.15) is 0 Å². The lowest BCUT2D eigenvalue weighted by Crippen LogP contribution is -2.25. The average molecular weight is 236 g/mol. The molecule has 2 N–H and O–H groups in total. The van der Waals surface area contributed by atoms with Gasteiger partial charge in [0, 0.05) is 5.70 Å². The monoisotopic (exact) mass is 236 g/mol. The lowest BCUT2D eigenvalue weighted by Gasteiger charge is -2.20. The van der Waals surface area contributed by atoms with E-state index in [0.717, 1.165) is 17.8 Å². The molecule has 0 radical (unpaired) electrons. The summed E-state index contributed by atoms with van der Waals surface area (Å²) in [4.78, 5) is 2.28. The zero-order valence-corrected chi connectivity index (χ0v) is 11.0. The number of hydrogen-bond acceptors (Lipinski definition) is 3. The van der Waals surface area contributed by atoms with Crippen LogP contribution in [-0.2, 0) is 0 Å². The maximum Gasteiger partial charge on any atom is 0.0568 e. The van der Waals surface area contributed by atoms with Crippen molar-refractivity contribution in [2.45, 2.75) is 19.2 Å². The van der Waals surface area contributed by atoms with E-state index in [4.69, 9.17) is 5.73 Å². The van der Waals surface area contributed by atoms with Crippen molar-refractivity contribution in [3.8, 4) is 0 Å². The van der Waals surface area contributed by atoms with Crippen LogP contribution in [-0.4, -0.2) is 23.9 Å². The minimum atomic E-state index is 0.451. The van der Waals surface area contributed by atoms with Gasteiger partial charge in [-0.25, -0.2) is 0 Å². The third kappa shape index (κ3) is 3.91. The molecule has 0 spiro atoms. The Morgan fingerprint density at radius 2 is 2.06 bits per heavy atom. The molecule has 0 heterocycles. The van der Waals surface area contributed by atoms with Gasteiger partial charge in [-0.3, -0.25) is 4.90 Å². The molecule has 1 rings (SSSR count). The minimum Gasteiger partial charge on any atom is -0.398 e. The molecule has 3 heteroatoms. The summed E-state index contributed by atoms with van der Waals surface area (Å²) in [6.07, 6.45) is 0. The molecule has 16 heavy (non-hydrogen) atoms. The van der Waals surface area contributed by atoms with Gasteiger partial charge in [-0.2, -0.15) is 0 Å². The number of nitrogens with two attached hydrogens (primary N) is 1. The van der Waals surface area contributed by atoms with Gasteiger partial charge < -0.3 is 5.73 Å². The zero-order valence-electron chi connectivity index (χ0n) is 10.2. The first-order valence-corrected chi connectivity index (χ1v) is 6.46. The highest BCUT2D eigenvalue weighted by molar-refractivity contribution is 8.02. The van der Waals surface area contributed by atoms with Crippen molar-refractivity contribution >= 4 is 17.5 Å². The summed E-state index contributed by atoms with van der Waals surface area (Å²) < 4.78 is 0. The van der Waals surface area contributed by atoms with Gasteiger partial charge in [-0.1, -0.05) is 37.3 Å². The van der Waals surface area contributed by atoms with Crippen molar-refractivity contribution in [2.24, 2.45) is 5.73 Å². The molecule has 0 aromatic heterocycles. The van der Waals surface area contributed by atoms with Gasteiger partial charge in [0.25, 0.3) is 0 Å². The Bertz CT molecular complexity index is 335. The van der Waals surface area contributed by atoms with Gasteiger partial charge in [-0.15, -0.1) is 11.8 Å². The highest BCUT2D eigenvalue weighted by Gasteiger charge is 2.05. The number of rotatable bonds is 5. The SMILES string of the molecule is CCN(C)C(C)S/C=C(\N)c1ccccc1. The Balaban J connectivity index is 2.58. The van der Waals surface area contributed by atoms with Crippen molar-refractivity contribution in [3.05, 3.63) is 41.3 Å². The van der Waals surface area contributed by atoms with E-state index in [-0.39, 0.29) is 0 Å². The van der Waals surface area contributed by atoms with Crippen LogP contribution in [0.4, 0.5) is 0 Å². The van der Waals surface area contributed by atoms with Crippen molar-refractivity contribution in [1.82, 2.24) is 4.90 Å². The van der Waals surface area contributed by atoms with E-state index in [2.05, 4.69) is 25.8 Å². The molecule has 1 aromatic rings. The molecule has 0 saturated carbocycles. The lowest BCUT2D eigenvalue weighted by molar-refractivity contribution is 0.347. The van der Waals surface area contributed by atoms with Crippen LogP contribution >= 0.6 is 11.8 Å². The maximum absolute atomic E-state index is 6.01. The van der Waals surface area contributed by atoms with Crippen molar-refractivity contribution in [3.63, 3.8) is 0 Å². The molecule has 2 nitrogen and oxygen atoms in total. The van der Waals surface area contributed by atoms with Crippen LogP contribution in [0.2, 0.25) is 0 Å². The average Bonchev–Trinajstić information content (AvgIpc) is 2.35. The van der Waals surface area contributed by atoms with E-state index in [1.807, 2.05) is 35.7 Å². The van der Waals surface area contributed by atoms with Crippen molar-refractivity contribution < 1.29 is 0 Å². The summed E-state index contributed by atoms with van der Waals surface area (Å²) >= 11 is 1.75. The van der Waals surface area contributed by atoms with Crippen LogP contribution in [0.25, 0.3) is 5.70 Å². The van der Waals surface area contributed by atoms with Crippen LogP contribution in [0.5, 0.6) is 0 Å². The van der Waals surface area contributed by atoms with E-state index in [9.17, 15) is 0 Å². The predicted molar refractivity (Wildman–Crippen MR) is 74.0 cm³/mol. The molecule has 1 aromatic carbocycles. The molecule has 1 unspecified atom stereocenters. The second-order valence-electron chi connectivity index (χ2n) is 3.75. The Labute approximate surface area is 103 Å². The Hall–Kier alpha value is -0.930. The van der Waals surface area contributed by atoms with Crippen LogP contribution < -0.4 is 5.73 Å². The highest BCUT2D eigenvalue weighted by atomic mass is 32.2. The molecule has 0 fully saturated rings. The van der Waals surface area contributed by atoms with Crippen LogP contribution in [0, 0.1) is 0 Å². The molecule has 0 bridgehead atoms. The van der Waals surface area contributed by atoms with Crippen molar-refractivity contribution in [1.29, 1.82) is 0 Å². The first kappa shape index (κ1) is 13.1. The Morgan fingerprint density at radius 3 is 2.62 bits per heavy atom. The van der Waals surface area contributed by atoms with Gasteiger partial charge in [0.05, 0.1) is 5.37 Å². The summed E-state index contributed by atoms with van der Waals surface area (Å²) in [6.45, 7) is 5.39. The fourth-order valence-corrected chi connectivity index (χ4v) is 2.07. The smallest absolute Gasteiger partial charge is 0.0568 e. The predicted octanol–water partition coefficient (Wildman–Crippen LogP) is 2.97.